The van der Waals surface area contributed by atoms with Crippen molar-refractivity contribution < 1.29 is 13.9 Å². The van der Waals surface area contributed by atoms with Crippen LogP contribution in [-0.4, -0.2) is 17.1 Å². The Morgan fingerprint density at radius 2 is 1.89 bits per heavy atom. The van der Waals surface area contributed by atoms with Crippen LogP contribution in [0.3, 0.4) is 0 Å². The summed E-state index contributed by atoms with van der Waals surface area (Å²) < 4.78 is 27.3. The second-order valence-corrected chi connectivity index (χ2v) is 6.98. The van der Waals surface area contributed by atoms with Gasteiger partial charge in [-0.3, -0.25) is 0 Å². The van der Waals surface area contributed by atoms with E-state index in [1.807, 2.05) is 20.8 Å². The first-order valence-corrected chi connectivity index (χ1v) is 6.58. The Kier molecular flexibility index (Phi) is 2.98. The molecule has 0 aliphatic heterocycles. The van der Waals surface area contributed by atoms with E-state index in [-0.39, 0.29) is 18.8 Å². The van der Waals surface area contributed by atoms with Gasteiger partial charge in [-0.25, -0.2) is 8.78 Å². The van der Waals surface area contributed by atoms with Gasteiger partial charge in [0.1, 0.15) is 0 Å². The molecule has 102 valence electrons. The second-order valence-electron chi connectivity index (χ2n) is 6.98. The van der Waals surface area contributed by atoms with Crippen LogP contribution in [0.4, 0.5) is 8.78 Å². The number of aliphatic hydroxyl groups excluding tert-OH is 1. The van der Waals surface area contributed by atoms with E-state index in [1.54, 1.807) is 0 Å². The lowest BCUT2D eigenvalue weighted by Gasteiger charge is -2.58. The zero-order chi connectivity index (χ0) is 13.8. The minimum absolute atomic E-state index is 0.0595. The summed E-state index contributed by atoms with van der Waals surface area (Å²) >= 11 is 0. The molecule has 0 saturated heterocycles. The van der Waals surface area contributed by atoms with Crippen molar-refractivity contribution in [2.24, 2.45) is 22.7 Å². The van der Waals surface area contributed by atoms with Crippen molar-refractivity contribution in [1.82, 2.24) is 0 Å². The van der Waals surface area contributed by atoms with E-state index in [0.29, 0.717) is 12.8 Å². The van der Waals surface area contributed by atoms with E-state index in [9.17, 15) is 13.9 Å². The van der Waals surface area contributed by atoms with E-state index >= 15 is 0 Å². The van der Waals surface area contributed by atoms with Gasteiger partial charge in [-0.2, -0.15) is 5.26 Å². The summed E-state index contributed by atoms with van der Waals surface area (Å²) in [4.78, 5) is 0. The third-order valence-corrected chi connectivity index (χ3v) is 5.20. The number of rotatable bonds is 0. The van der Waals surface area contributed by atoms with Gasteiger partial charge in [0.05, 0.1) is 18.1 Å². The van der Waals surface area contributed by atoms with Gasteiger partial charge in [0, 0.05) is 12.8 Å². The third kappa shape index (κ3) is 1.93. The molecule has 0 heterocycles. The number of nitrogens with zero attached hydrogens (tertiary/aromatic N) is 1. The fourth-order valence-electron chi connectivity index (χ4n) is 4.45. The molecule has 2 rings (SSSR count). The minimum Gasteiger partial charge on any atom is -0.391 e. The normalized spacial score (nSPS) is 45.9. The maximum atomic E-state index is 13.7. The highest BCUT2D eigenvalue weighted by Gasteiger charge is 2.59. The first kappa shape index (κ1) is 13.7. The molecular formula is C14H21F2NO. The average molecular weight is 257 g/mol. The van der Waals surface area contributed by atoms with Crippen molar-refractivity contribution in [1.29, 1.82) is 5.26 Å². The van der Waals surface area contributed by atoms with Crippen LogP contribution in [0.1, 0.15) is 46.5 Å². The quantitative estimate of drug-likeness (QED) is 0.723. The summed E-state index contributed by atoms with van der Waals surface area (Å²) in [5.74, 6) is -3.09. The number of fused-ring (bicyclic) bond motifs is 1. The maximum Gasteiger partial charge on any atom is 0.248 e. The van der Waals surface area contributed by atoms with Gasteiger partial charge in [0.15, 0.2) is 0 Å². The number of hydrogen-bond donors (Lipinski definition) is 1. The molecule has 2 saturated carbocycles. The molecule has 2 aliphatic carbocycles. The Hall–Kier alpha value is -0.690. The van der Waals surface area contributed by atoms with E-state index < -0.39 is 28.8 Å². The second kappa shape index (κ2) is 3.90. The van der Waals surface area contributed by atoms with Crippen molar-refractivity contribution in [3.63, 3.8) is 0 Å². The van der Waals surface area contributed by atoms with Crippen molar-refractivity contribution in [2.45, 2.75) is 58.5 Å². The molecule has 2 fully saturated rings. The minimum atomic E-state index is -2.62. The SMILES string of the molecule is CC1(C)C(O)C(C#N)C[C@]2(C)CC(F)(F)CC[C@@H]12. The average Bonchev–Trinajstić information content (AvgIpc) is 2.21. The summed E-state index contributed by atoms with van der Waals surface area (Å²) in [7, 11) is 0. The Labute approximate surface area is 107 Å². The largest absolute Gasteiger partial charge is 0.391 e. The summed E-state index contributed by atoms with van der Waals surface area (Å²) in [6.45, 7) is 5.68. The fourth-order valence-corrected chi connectivity index (χ4v) is 4.45. The maximum absolute atomic E-state index is 13.7. The van der Waals surface area contributed by atoms with Crippen molar-refractivity contribution in [3.05, 3.63) is 0 Å². The van der Waals surface area contributed by atoms with Crippen LogP contribution in [-0.2, 0) is 0 Å². The molecule has 0 bridgehead atoms. The van der Waals surface area contributed by atoms with E-state index in [0.717, 1.165) is 0 Å². The molecule has 2 unspecified atom stereocenters. The number of halogens is 2. The lowest BCUT2D eigenvalue weighted by atomic mass is 9.48. The van der Waals surface area contributed by atoms with Crippen LogP contribution in [0.25, 0.3) is 0 Å². The van der Waals surface area contributed by atoms with Crippen LogP contribution in [0.2, 0.25) is 0 Å². The standard InChI is InChI=1S/C14H21F2NO/c1-12(2)10-4-5-14(15,16)8-13(10,3)6-9(7-17)11(12)18/h9-11,18H,4-6,8H2,1-3H3/t9?,10-,11?,13+/m0/s1. The zero-order valence-corrected chi connectivity index (χ0v) is 11.2. The highest BCUT2D eigenvalue weighted by Crippen LogP contribution is 2.61. The van der Waals surface area contributed by atoms with Crippen molar-refractivity contribution >= 4 is 0 Å². The molecule has 0 amide bonds. The number of alkyl halides is 2. The van der Waals surface area contributed by atoms with E-state index in [1.165, 1.54) is 0 Å². The molecule has 2 nitrogen and oxygen atoms in total. The highest BCUT2D eigenvalue weighted by molar-refractivity contribution is 5.10. The number of aliphatic hydroxyl groups is 1. The summed E-state index contributed by atoms with van der Waals surface area (Å²) in [5.41, 5.74) is -1.01. The predicted octanol–water partition coefficient (Wildman–Crippen LogP) is 3.36. The van der Waals surface area contributed by atoms with E-state index in [2.05, 4.69) is 6.07 Å². The lowest BCUT2D eigenvalue weighted by Crippen LogP contribution is -2.57. The lowest BCUT2D eigenvalue weighted by molar-refractivity contribution is -0.184. The Morgan fingerprint density at radius 3 is 2.44 bits per heavy atom. The smallest absolute Gasteiger partial charge is 0.248 e. The molecule has 0 aromatic rings. The van der Waals surface area contributed by atoms with Gasteiger partial charge >= 0.3 is 0 Å². The molecular weight excluding hydrogens is 236 g/mol. The monoisotopic (exact) mass is 257 g/mol. The Balaban J connectivity index is 2.37. The molecule has 0 aromatic carbocycles. The Morgan fingerprint density at radius 1 is 1.28 bits per heavy atom. The molecule has 1 N–H and O–H groups in total. The van der Waals surface area contributed by atoms with Crippen molar-refractivity contribution in [3.8, 4) is 6.07 Å². The van der Waals surface area contributed by atoms with Crippen LogP contribution >= 0.6 is 0 Å². The number of nitriles is 1. The third-order valence-electron chi connectivity index (χ3n) is 5.20. The summed E-state index contributed by atoms with van der Waals surface area (Å²) in [5, 5.41) is 19.4. The molecule has 4 heteroatoms. The molecule has 2 aliphatic rings. The highest BCUT2D eigenvalue weighted by atomic mass is 19.3. The first-order valence-electron chi connectivity index (χ1n) is 6.58. The van der Waals surface area contributed by atoms with Crippen LogP contribution in [0, 0.1) is 34.0 Å². The van der Waals surface area contributed by atoms with Crippen LogP contribution in [0.5, 0.6) is 0 Å². The van der Waals surface area contributed by atoms with Gasteiger partial charge < -0.3 is 5.11 Å². The summed E-state index contributed by atoms with van der Waals surface area (Å²) in [6, 6.07) is 2.10. The predicted molar refractivity (Wildman–Crippen MR) is 63.9 cm³/mol. The number of hydrogen-bond acceptors (Lipinski definition) is 2. The van der Waals surface area contributed by atoms with Gasteiger partial charge in [-0.15, -0.1) is 0 Å². The van der Waals surface area contributed by atoms with Crippen LogP contribution in [0.15, 0.2) is 0 Å². The fraction of sp³-hybridized carbons (Fsp3) is 0.929. The van der Waals surface area contributed by atoms with Gasteiger partial charge in [-0.05, 0) is 29.6 Å². The van der Waals surface area contributed by atoms with Gasteiger partial charge in [0.25, 0.3) is 0 Å². The van der Waals surface area contributed by atoms with Crippen molar-refractivity contribution in [2.75, 3.05) is 0 Å². The molecule has 18 heavy (non-hydrogen) atoms. The van der Waals surface area contributed by atoms with Gasteiger partial charge in [-0.1, -0.05) is 20.8 Å². The molecule has 0 spiro atoms. The summed E-state index contributed by atoms with van der Waals surface area (Å²) in [6.07, 6.45) is -0.146. The molecule has 0 aromatic heterocycles. The molecule has 4 atom stereocenters. The zero-order valence-electron chi connectivity index (χ0n) is 11.2. The Bertz CT molecular complexity index is 388. The first-order chi connectivity index (χ1) is 8.12. The molecule has 0 radical (unpaired) electrons. The van der Waals surface area contributed by atoms with Gasteiger partial charge in [0.2, 0.25) is 5.92 Å². The van der Waals surface area contributed by atoms with E-state index in [4.69, 9.17) is 5.26 Å². The topological polar surface area (TPSA) is 44.0 Å². The van der Waals surface area contributed by atoms with Crippen LogP contribution < -0.4 is 0 Å².